The zero-order chi connectivity index (χ0) is 9.23. The first-order chi connectivity index (χ1) is 5.77. The second-order valence-corrected chi connectivity index (χ2v) is 1.94. The summed E-state index contributed by atoms with van der Waals surface area (Å²) in [6.07, 6.45) is 2.12. The summed E-state index contributed by atoms with van der Waals surface area (Å²) in [5.41, 5.74) is 0. The number of oxime groups is 1. The Morgan fingerprint density at radius 3 is 3.00 bits per heavy atom. The summed E-state index contributed by atoms with van der Waals surface area (Å²) in [7, 11) is 0. The Labute approximate surface area is 71.0 Å². The third-order valence-corrected chi connectivity index (χ3v) is 0.933. The van der Waals surface area contributed by atoms with E-state index in [0.717, 1.165) is 0 Å². The molecule has 0 saturated carbocycles. The SMILES string of the molecule is CCOCCC=NOCC(=O)O. The van der Waals surface area contributed by atoms with E-state index in [9.17, 15) is 4.79 Å². The maximum absolute atomic E-state index is 9.91. The summed E-state index contributed by atoms with van der Waals surface area (Å²) >= 11 is 0. The fourth-order valence-corrected chi connectivity index (χ4v) is 0.478. The summed E-state index contributed by atoms with van der Waals surface area (Å²) in [4.78, 5) is 14.3. The molecule has 0 radical (unpaired) electrons. The lowest BCUT2D eigenvalue weighted by Crippen LogP contribution is -2.03. The Morgan fingerprint density at radius 2 is 2.42 bits per heavy atom. The normalized spacial score (nSPS) is 10.4. The first kappa shape index (κ1) is 10.9. The van der Waals surface area contributed by atoms with Crippen molar-refractivity contribution in [3.63, 3.8) is 0 Å². The van der Waals surface area contributed by atoms with E-state index in [2.05, 4.69) is 9.99 Å². The minimum atomic E-state index is -1.03. The summed E-state index contributed by atoms with van der Waals surface area (Å²) in [6.45, 7) is 2.75. The lowest BCUT2D eigenvalue weighted by Gasteiger charge is -1.95. The van der Waals surface area contributed by atoms with Gasteiger partial charge >= 0.3 is 5.97 Å². The van der Waals surface area contributed by atoms with Crippen LogP contribution >= 0.6 is 0 Å². The van der Waals surface area contributed by atoms with Crippen molar-refractivity contribution in [1.82, 2.24) is 0 Å². The van der Waals surface area contributed by atoms with Gasteiger partial charge in [0, 0.05) is 19.2 Å². The van der Waals surface area contributed by atoms with Crippen LogP contribution in [-0.4, -0.2) is 37.1 Å². The van der Waals surface area contributed by atoms with Crippen molar-refractivity contribution < 1.29 is 19.5 Å². The van der Waals surface area contributed by atoms with Crippen LogP contribution in [0.4, 0.5) is 0 Å². The molecule has 5 nitrogen and oxygen atoms in total. The summed E-state index contributed by atoms with van der Waals surface area (Å²) < 4.78 is 5.00. The summed E-state index contributed by atoms with van der Waals surface area (Å²) in [5, 5.41) is 11.5. The van der Waals surface area contributed by atoms with Gasteiger partial charge in [0.25, 0.3) is 0 Å². The molecule has 0 bridgehead atoms. The molecule has 0 aliphatic heterocycles. The number of carboxylic acids is 1. The fraction of sp³-hybridized carbons (Fsp3) is 0.714. The van der Waals surface area contributed by atoms with E-state index in [4.69, 9.17) is 9.84 Å². The van der Waals surface area contributed by atoms with Crippen LogP contribution in [0.2, 0.25) is 0 Å². The number of aliphatic carboxylic acids is 1. The van der Waals surface area contributed by atoms with E-state index in [1.54, 1.807) is 0 Å². The zero-order valence-electron chi connectivity index (χ0n) is 7.02. The molecule has 0 aromatic rings. The third kappa shape index (κ3) is 8.90. The number of carbonyl (C=O) groups is 1. The van der Waals surface area contributed by atoms with E-state index in [-0.39, 0.29) is 0 Å². The number of carboxylic acid groups (broad SMARTS) is 1. The van der Waals surface area contributed by atoms with Crippen LogP contribution in [0.25, 0.3) is 0 Å². The molecule has 0 heterocycles. The van der Waals surface area contributed by atoms with Gasteiger partial charge in [-0.3, -0.25) is 0 Å². The number of hydrogen-bond donors (Lipinski definition) is 1. The van der Waals surface area contributed by atoms with Crippen molar-refractivity contribution in [2.75, 3.05) is 19.8 Å². The standard InChI is InChI=1S/C7H13NO4/c1-2-11-5-3-4-8-12-6-7(9)10/h4H,2-3,5-6H2,1H3,(H,9,10). The van der Waals surface area contributed by atoms with Crippen molar-refractivity contribution >= 4 is 12.2 Å². The Hall–Kier alpha value is -1.10. The van der Waals surface area contributed by atoms with Gasteiger partial charge in [-0.25, -0.2) is 4.79 Å². The van der Waals surface area contributed by atoms with Crippen LogP contribution in [0.3, 0.4) is 0 Å². The second kappa shape index (κ2) is 8.00. The zero-order valence-corrected chi connectivity index (χ0v) is 7.02. The molecule has 0 fully saturated rings. The van der Waals surface area contributed by atoms with Crippen LogP contribution in [0.15, 0.2) is 5.16 Å². The summed E-state index contributed by atoms with van der Waals surface area (Å²) in [6, 6.07) is 0. The van der Waals surface area contributed by atoms with Crippen LogP contribution in [0, 0.1) is 0 Å². The highest BCUT2D eigenvalue weighted by Gasteiger charge is 1.92. The van der Waals surface area contributed by atoms with E-state index >= 15 is 0 Å². The molecule has 0 aromatic carbocycles. The van der Waals surface area contributed by atoms with Gasteiger partial charge in [0.2, 0.25) is 6.61 Å². The molecule has 0 spiro atoms. The average molecular weight is 175 g/mol. The van der Waals surface area contributed by atoms with Gasteiger partial charge in [-0.1, -0.05) is 5.16 Å². The van der Waals surface area contributed by atoms with E-state index in [1.807, 2.05) is 6.92 Å². The van der Waals surface area contributed by atoms with Crippen molar-refractivity contribution in [3.8, 4) is 0 Å². The first-order valence-electron chi connectivity index (χ1n) is 3.70. The molecule has 0 rings (SSSR count). The Balaban J connectivity index is 3.09. The van der Waals surface area contributed by atoms with Crippen LogP contribution in [0.1, 0.15) is 13.3 Å². The van der Waals surface area contributed by atoms with E-state index < -0.39 is 12.6 Å². The lowest BCUT2D eigenvalue weighted by atomic mass is 10.5. The van der Waals surface area contributed by atoms with Crippen molar-refractivity contribution in [3.05, 3.63) is 0 Å². The third-order valence-electron chi connectivity index (χ3n) is 0.933. The van der Waals surface area contributed by atoms with Gasteiger partial charge < -0.3 is 14.7 Å². The molecule has 0 amide bonds. The maximum atomic E-state index is 9.91. The number of nitrogens with zero attached hydrogens (tertiary/aromatic N) is 1. The molecule has 70 valence electrons. The van der Waals surface area contributed by atoms with Crippen LogP contribution < -0.4 is 0 Å². The predicted octanol–water partition coefficient (Wildman–Crippen LogP) is 0.500. The Kier molecular flexibility index (Phi) is 7.27. The van der Waals surface area contributed by atoms with Crippen LogP contribution in [0.5, 0.6) is 0 Å². The number of rotatable bonds is 7. The number of ether oxygens (including phenoxy) is 1. The monoisotopic (exact) mass is 175 g/mol. The minimum absolute atomic E-state index is 0.398. The first-order valence-corrected chi connectivity index (χ1v) is 3.70. The minimum Gasteiger partial charge on any atom is -0.479 e. The number of hydrogen-bond acceptors (Lipinski definition) is 4. The highest BCUT2D eigenvalue weighted by Crippen LogP contribution is 1.80. The maximum Gasteiger partial charge on any atom is 0.344 e. The molecule has 0 saturated heterocycles. The smallest absolute Gasteiger partial charge is 0.344 e. The van der Waals surface area contributed by atoms with Gasteiger partial charge in [-0.2, -0.15) is 0 Å². The van der Waals surface area contributed by atoms with Gasteiger partial charge in [0.05, 0.1) is 6.61 Å². The van der Waals surface area contributed by atoms with Crippen molar-refractivity contribution in [2.45, 2.75) is 13.3 Å². The molecular weight excluding hydrogens is 162 g/mol. The quantitative estimate of drug-likeness (QED) is 0.347. The Morgan fingerprint density at radius 1 is 1.67 bits per heavy atom. The molecule has 1 N–H and O–H groups in total. The largest absolute Gasteiger partial charge is 0.479 e. The molecule has 0 aliphatic carbocycles. The second-order valence-electron chi connectivity index (χ2n) is 1.94. The highest BCUT2D eigenvalue weighted by atomic mass is 16.6. The van der Waals surface area contributed by atoms with Gasteiger partial charge in [-0.15, -0.1) is 0 Å². The van der Waals surface area contributed by atoms with Crippen molar-refractivity contribution in [1.29, 1.82) is 0 Å². The molecule has 5 heteroatoms. The Bertz CT molecular complexity index is 146. The van der Waals surface area contributed by atoms with Gasteiger partial charge in [0.1, 0.15) is 0 Å². The molecule has 0 aliphatic rings. The van der Waals surface area contributed by atoms with Gasteiger partial charge in [0.15, 0.2) is 0 Å². The topological polar surface area (TPSA) is 68.1 Å². The molecule has 0 atom stereocenters. The van der Waals surface area contributed by atoms with Crippen LogP contribution in [-0.2, 0) is 14.4 Å². The average Bonchev–Trinajstić information content (AvgIpc) is 2.02. The molecule has 0 aromatic heterocycles. The molecular formula is C7H13NO4. The summed E-state index contributed by atoms with van der Waals surface area (Å²) in [5.74, 6) is -1.03. The molecule has 0 unspecified atom stereocenters. The lowest BCUT2D eigenvalue weighted by molar-refractivity contribution is -0.142. The van der Waals surface area contributed by atoms with Gasteiger partial charge in [-0.05, 0) is 6.92 Å². The van der Waals surface area contributed by atoms with E-state index in [0.29, 0.717) is 19.6 Å². The highest BCUT2D eigenvalue weighted by molar-refractivity contribution is 5.68. The van der Waals surface area contributed by atoms with E-state index in [1.165, 1.54) is 6.21 Å². The predicted molar refractivity (Wildman–Crippen MR) is 43.2 cm³/mol. The fourth-order valence-electron chi connectivity index (χ4n) is 0.478. The van der Waals surface area contributed by atoms with Crippen molar-refractivity contribution in [2.24, 2.45) is 5.16 Å². The molecule has 12 heavy (non-hydrogen) atoms.